The number of aromatic nitrogens is 1. The first-order valence-electron chi connectivity index (χ1n) is 16.8. The molecule has 1 aromatic rings. The number of piperidine rings is 2. The number of carbonyl (C=O) groups excluding carboxylic acids is 2. The average molecular weight is 599 g/mol. The Hall–Kier alpha value is -2.18. The molecule has 238 valence electrons. The Labute approximate surface area is 255 Å². The highest BCUT2D eigenvalue weighted by Crippen LogP contribution is 2.41. The Morgan fingerprint density at radius 1 is 1.02 bits per heavy atom. The van der Waals surface area contributed by atoms with Gasteiger partial charge >= 0.3 is 0 Å². The van der Waals surface area contributed by atoms with E-state index in [1.54, 1.807) is 12.4 Å². The van der Waals surface area contributed by atoms with Gasteiger partial charge in [0.1, 0.15) is 12.1 Å². The molecule has 4 saturated heterocycles. The van der Waals surface area contributed by atoms with Gasteiger partial charge in [0, 0.05) is 38.3 Å². The lowest BCUT2D eigenvalue weighted by Gasteiger charge is -2.39. The minimum absolute atomic E-state index is 0.119. The number of hydrogen-bond acceptors (Lipinski definition) is 8. The van der Waals surface area contributed by atoms with E-state index < -0.39 is 17.8 Å². The fourth-order valence-electron chi connectivity index (χ4n) is 8.38. The summed E-state index contributed by atoms with van der Waals surface area (Å²) >= 11 is 0. The topological polar surface area (TPSA) is 119 Å². The largest absolute Gasteiger partial charge is 0.342 e. The lowest BCUT2D eigenvalue weighted by molar-refractivity contribution is -0.138. The van der Waals surface area contributed by atoms with E-state index in [0.29, 0.717) is 11.6 Å². The van der Waals surface area contributed by atoms with Crippen LogP contribution >= 0.6 is 0 Å². The highest BCUT2D eigenvalue weighted by molar-refractivity contribution is 5.95. The predicted molar refractivity (Wildman–Crippen MR) is 164 cm³/mol. The summed E-state index contributed by atoms with van der Waals surface area (Å²) in [5.74, 6) is 0.0424. The fourth-order valence-corrected chi connectivity index (χ4v) is 8.38. The smallest absolute Gasteiger partial charge is 0.233 e. The highest BCUT2D eigenvalue weighted by Gasteiger charge is 2.58. The van der Waals surface area contributed by atoms with E-state index >= 15 is 0 Å². The number of halogens is 1. The number of likely N-dealkylation sites (tertiary alicyclic amines) is 2. The van der Waals surface area contributed by atoms with Gasteiger partial charge in [-0.05, 0) is 82.1 Å². The third-order valence-corrected chi connectivity index (χ3v) is 10.9. The minimum Gasteiger partial charge on any atom is -0.342 e. The quantitative estimate of drug-likeness (QED) is 0.409. The van der Waals surface area contributed by atoms with E-state index in [9.17, 15) is 14.0 Å². The van der Waals surface area contributed by atoms with Crippen molar-refractivity contribution in [3.05, 3.63) is 24.0 Å². The Balaban J connectivity index is 1.16. The summed E-state index contributed by atoms with van der Waals surface area (Å²) in [6.45, 7) is 3.85. The van der Waals surface area contributed by atoms with Gasteiger partial charge in [0.25, 0.3) is 0 Å². The van der Waals surface area contributed by atoms with E-state index in [1.807, 2.05) is 11.1 Å². The van der Waals surface area contributed by atoms with Gasteiger partial charge < -0.3 is 20.9 Å². The van der Waals surface area contributed by atoms with Crippen LogP contribution < -0.4 is 21.8 Å². The van der Waals surface area contributed by atoms with Gasteiger partial charge in [0.05, 0.1) is 23.7 Å². The predicted octanol–water partition coefficient (Wildman–Crippen LogP) is 2.79. The Morgan fingerprint density at radius 2 is 1.72 bits per heavy atom. The molecule has 5 heterocycles. The summed E-state index contributed by atoms with van der Waals surface area (Å²) in [6, 6.07) is 2.00. The molecule has 10 nitrogen and oxygen atoms in total. The summed E-state index contributed by atoms with van der Waals surface area (Å²) < 4.78 is 14.4. The molecule has 11 heteroatoms. The van der Waals surface area contributed by atoms with Crippen LogP contribution in [0.1, 0.15) is 82.1 Å². The van der Waals surface area contributed by atoms with Gasteiger partial charge in [0.2, 0.25) is 11.8 Å². The molecule has 4 unspecified atom stereocenters. The molecular weight excluding hydrogens is 547 g/mol. The number of alkyl halides is 1. The van der Waals surface area contributed by atoms with Crippen molar-refractivity contribution in [3.8, 4) is 0 Å². The first kappa shape index (κ1) is 30.8. The van der Waals surface area contributed by atoms with E-state index in [-0.39, 0.29) is 42.9 Å². The normalized spacial score (nSPS) is 32.6. The Kier molecular flexibility index (Phi) is 9.64. The van der Waals surface area contributed by atoms with Crippen molar-refractivity contribution in [2.75, 3.05) is 51.6 Å². The molecule has 4 aliphatic heterocycles. The maximum Gasteiger partial charge on any atom is 0.233 e. The van der Waals surface area contributed by atoms with Crippen LogP contribution in [-0.2, 0) is 9.59 Å². The molecule has 1 saturated carbocycles. The van der Waals surface area contributed by atoms with Gasteiger partial charge in [-0.15, -0.1) is 0 Å². The first-order valence-corrected chi connectivity index (χ1v) is 16.8. The molecule has 0 spiro atoms. The molecule has 0 radical (unpaired) electrons. The van der Waals surface area contributed by atoms with Crippen molar-refractivity contribution in [2.45, 2.75) is 94.5 Å². The maximum atomic E-state index is 14.4. The SMILES string of the molecule is CN1CCC(C(=O)N2CCC(c3ccncc3NC(=O)C3C4NCC(F)CN4NC3(N)C3CCCCCCC3)CC2)CC1. The van der Waals surface area contributed by atoms with Crippen molar-refractivity contribution >= 4 is 17.5 Å². The number of nitrogens with two attached hydrogens (primary N) is 1. The minimum atomic E-state index is -1.02. The van der Waals surface area contributed by atoms with Crippen LogP contribution in [0.5, 0.6) is 0 Å². The van der Waals surface area contributed by atoms with Crippen molar-refractivity contribution < 1.29 is 14.0 Å². The summed E-state index contributed by atoms with van der Waals surface area (Å²) in [6.07, 6.45) is 13.4. The zero-order valence-electron chi connectivity index (χ0n) is 25.8. The van der Waals surface area contributed by atoms with Gasteiger partial charge in [-0.3, -0.25) is 19.9 Å². The molecule has 2 amide bonds. The molecule has 6 rings (SSSR count). The number of hydrazine groups is 1. The molecule has 4 atom stereocenters. The second kappa shape index (κ2) is 13.4. The van der Waals surface area contributed by atoms with Crippen LogP contribution in [-0.4, -0.2) is 95.9 Å². The van der Waals surface area contributed by atoms with E-state index in [4.69, 9.17) is 5.73 Å². The number of anilines is 1. The third-order valence-electron chi connectivity index (χ3n) is 10.9. The molecular formula is C32H51FN8O2. The maximum absolute atomic E-state index is 14.4. The number of amides is 2. The number of pyridine rings is 1. The number of nitrogens with one attached hydrogen (secondary N) is 3. The van der Waals surface area contributed by atoms with Gasteiger partial charge in [-0.25, -0.2) is 14.8 Å². The van der Waals surface area contributed by atoms with Crippen LogP contribution in [0, 0.1) is 17.8 Å². The molecule has 1 aromatic heterocycles. The zero-order valence-corrected chi connectivity index (χ0v) is 25.8. The van der Waals surface area contributed by atoms with E-state index in [2.05, 4.69) is 37.9 Å². The van der Waals surface area contributed by atoms with Crippen LogP contribution in [0.4, 0.5) is 10.1 Å². The van der Waals surface area contributed by atoms with E-state index in [0.717, 1.165) is 83.1 Å². The number of fused-ring (bicyclic) bond motifs is 1. The lowest BCUT2D eigenvalue weighted by atomic mass is 9.75. The van der Waals surface area contributed by atoms with Crippen LogP contribution in [0.2, 0.25) is 0 Å². The molecule has 1 aliphatic carbocycles. The van der Waals surface area contributed by atoms with Crippen molar-refractivity contribution in [3.63, 3.8) is 0 Å². The average Bonchev–Trinajstić information content (AvgIpc) is 3.29. The molecule has 0 aromatic carbocycles. The summed E-state index contributed by atoms with van der Waals surface area (Å²) in [4.78, 5) is 36.2. The van der Waals surface area contributed by atoms with Crippen LogP contribution in [0.3, 0.4) is 0 Å². The number of hydrogen-bond donors (Lipinski definition) is 4. The zero-order chi connectivity index (χ0) is 30.0. The van der Waals surface area contributed by atoms with Crippen molar-refractivity contribution in [1.29, 1.82) is 0 Å². The van der Waals surface area contributed by atoms with Crippen LogP contribution in [0.15, 0.2) is 18.5 Å². The van der Waals surface area contributed by atoms with Gasteiger partial charge in [-0.2, -0.15) is 0 Å². The number of nitrogens with zero attached hydrogens (tertiary/aromatic N) is 4. The standard InChI is InChI=1S/C32H51FN8O2/c1-39-15-10-23(11-16-39)31(43)40-17-12-22(13-18-40)26-9-14-35-20-27(26)37-30(42)28-29-36-19-25(33)21-41(29)38-32(28,34)24-7-5-3-2-4-6-8-24/h9,14,20,22-25,28-29,36,38H,2-8,10-13,15-19,21,34H2,1H3,(H,37,42). The molecule has 0 bridgehead atoms. The third kappa shape index (κ3) is 6.61. The Morgan fingerprint density at radius 3 is 2.44 bits per heavy atom. The monoisotopic (exact) mass is 598 g/mol. The second-order valence-electron chi connectivity index (χ2n) is 13.8. The van der Waals surface area contributed by atoms with Gasteiger partial charge in [-0.1, -0.05) is 32.1 Å². The second-order valence-corrected chi connectivity index (χ2v) is 13.8. The van der Waals surface area contributed by atoms with Crippen molar-refractivity contribution in [1.82, 2.24) is 30.5 Å². The highest BCUT2D eigenvalue weighted by atomic mass is 19.1. The molecule has 5 aliphatic rings. The van der Waals surface area contributed by atoms with E-state index in [1.165, 1.54) is 19.3 Å². The summed E-state index contributed by atoms with van der Waals surface area (Å²) in [5, 5.41) is 8.36. The first-order chi connectivity index (χ1) is 20.8. The van der Waals surface area contributed by atoms with Crippen LogP contribution in [0.25, 0.3) is 0 Å². The summed E-state index contributed by atoms with van der Waals surface area (Å²) in [7, 11) is 2.12. The lowest BCUT2D eigenvalue weighted by Crippen LogP contribution is -2.63. The number of carbonyl (C=O) groups is 2. The Bertz CT molecular complexity index is 1120. The number of rotatable bonds is 5. The van der Waals surface area contributed by atoms with Gasteiger partial charge in [0.15, 0.2) is 0 Å². The molecule has 43 heavy (non-hydrogen) atoms. The molecule has 5 N–H and O–H groups in total. The summed E-state index contributed by atoms with van der Waals surface area (Å²) in [5.41, 5.74) is 11.5. The fraction of sp³-hybridized carbons (Fsp3) is 0.781. The van der Waals surface area contributed by atoms with Crippen molar-refractivity contribution in [2.24, 2.45) is 23.5 Å². The molecule has 5 fully saturated rings.